The van der Waals surface area contributed by atoms with Crippen molar-refractivity contribution in [3.8, 4) is 0 Å². The molecule has 2 aromatic rings. The van der Waals surface area contributed by atoms with Crippen LogP contribution in [0.4, 0.5) is 18.9 Å². The second-order valence-corrected chi connectivity index (χ2v) is 4.15. The minimum absolute atomic E-state index is 0.419. The summed E-state index contributed by atoms with van der Waals surface area (Å²) >= 11 is 0. The van der Waals surface area contributed by atoms with E-state index in [1.807, 2.05) is 0 Å². The molecule has 0 heterocycles. The molecule has 0 unspecified atom stereocenters. The van der Waals surface area contributed by atoms with E-state index in [1.54, 1.807) is 30.3 Å². The molecule has 0 aliphatic heterocycles. The Morgan fingerprint density at radius 3 is 2.21 bits per heavy atom. The van der Waals surface area contributed by atoms with Gasteiger partial charge in [-0.25, -0.2) is 4.85 Å². The third kappa shape index (κ3) is 3.35. The Morgan fingerprint density at radius 1 is 0.947 bits per heavy atom. The molecule has 2 aromatic carbocycles. The summed E-state index contributed by atoms with van der Waals surface area (Å²) in [6, 6.07) is 12.1. The lowest BCUT2D eigenvalue weighted by atomic mass is 10.0. The maximum atomic E-state index is 12.6. The van der Waals surface area contributed by atoms with Crippen LogP contribution < -0.4 is 0 Å². The Morgan fingerprint density at radius 2 is 1.63 bits per heavy atom. The Kier molecular flexibility index (Phi) is 3.57. The number of alkyl halides is 3. The molecule has 0 amide bonds. The Balaban J connectivity index is 2.21. The van der Waals surface area contributed by atoms with Crippen LogP contribution in [0.5, 0.6) is 0 Å². The van der Waals surface area contributed by atoms with Gasteiger partial charge in [-0.1, -0.05) is 42.5 Å². The highest BCUT2D eigenvalue weighted by molar-refractivity contribution is 5.46. The largest absolute Gasteiger partial charge is 0.416 e. The van der Waals surface area contributed by atoms with Crippen molar-refractivity contribution in [2.24, 2.45) is 0 Å². The highest BCUT2D eigenvalue weighted by Crippen LogP contribution is 2.30. The molecule has 0 atom stereocenters. The molecule has 0 N–H and O–H groups in total. The average Bonchev–Trinajstić information content (AvgIpc) is 2.39. The van der Waals surface area contributed by atoms with E-state index in [9.17, 15) is 13.2 Å². The van der Waals surface area contributed by atoms with Gasteiger partial charge in [-0.2, -0.15) is 13.2 Å². The summed E-state index contributed by atoms with van der Waals surface area (Å²) in [4.78, 5) is 3.27. The second kappa shape index (κ2) is 5.15. The van der Waals surface area contributed by atoms with Crippen LogP contribution >= 0.6 is 0 Å². The molecule has 0 spiro atoms. The maximum absolute atomic E-state index is 12.6. The van der Waals surface area contributed by atoms with Crippen molar-refractivity contribution in [1.29, 1.82) is 0 Å². The normalized spacial score (nSPS) is 11.1. The quantitative estimate of drug-likeness (QED) is 0.681. The number of hydrogen-bond acceptors (Lipinski definition) is 0. The van der Waals surface area contributed by atoms with Crippen molar-refractivity contribution in [3.05, 3.63) is 76.6 Å². The van der Waals surface area contributed by atoms with E-state index in [1.165, 1.54) is 6.07 Å². The lowest BCUT2D eigenvalue weighted by Gasteiger charge is -2.08. The molecule has 0 saturated heterocycles. The standard InChI is InChI=1S/C15H10F3N/c1-19-14-7-5-11(6-8-14)9-12-3-2-4-13(10-12)15(16,17)18/h2-8,10H,9H2. The van der Waals surface area contributed by atoms with Gasteiger partial charge in [0.25, 0.3) is 0 Å². The summed E-state index contributed by atoms with van der Waals surface area (Å²) in [6.45, 7) is 6.83. The van der Waals surface area contributed by atoms with Crippen LogP contribution in [-0.4, -0.2) is 0 Å². The van der Waals surface area contributed by atoms with Gasteiger partial charge in [0.15, 0.2) is 5.69 Å². The van der Waals surface area contributed by atoms with Crippen LogP contribution in [0, 0.1) is 6.57 Å². The van der Waals surface area contributed by atoms with Crippen LogP contribution in [0.15, 0.2) is 48.5 Å². The van der Waals surface area contributed by atoms with E-state index < -0.39 is 11.7 Å². The van der Waals surface area contributed by atoms with Crippen molar-refractivity contribution >= 4 is 5.69 Å². The SMILES string of the molecule is [C-]#[N+]c1ccc(Cc2cccc(C(F)(F)F)c2)cc1. The molecule has 0 bridgehead atoms. The van der Waals surface area contributed by atoms with E-state index in [0.717, 1.165) is 17.7 Å². The molecule has 0 aliphatic carbocycles. The third-order valence-electron chi connectivity index (χ3n) is 2.73. The van der Waals surface area contributed by atoms with Crippen LogP contribution in [0.3, 0.4) is 0 Å². The average molecular weight is 261 g/mol. The van der Waals surface area contributed by atoms with Crippen LogP contribution in [0.1, 0.15) is 16.7 Å². The van der Waals surface area contributed by atoms with Gasteiger partial charge in [-0.05, 0) is 23.6 Å². The highest BCUT2D eigenvalue weighted by atomic mass is 19.4. The van der Waals surface area contributed by atoms with Crippen molar-refractivity contribution in [3.63, 3.8) is 0 Å². The lowest BCUT2D eigenvalue weighted by molar-refractivity contribution is -0.137. The smallest absolute Gasteiger partial charge is 0.238 e. The number of halogens is 3. The molecule has 1 nitrogen and oxygen atoms in total. The maximum Gasteiger partial charge on any atom is 0.416 e. The van der Waals surface area contributed by atoms with E-state index in [2.05, 4.69) is 4.85 Å². The monoisotopic (exact) mass is 261 g/mol. The molecule has 0 saturated carbocycles. The Hall–Kier alpha value is -2.28. The van der Waals surface area contributed by atoms with Crippen molar-refractivity contribution in [1.82, 2.24) is 0 Å². The van der Waals surface area contributed by atoms with Crippen molar-refractivity contribution in [2.45, 2.75) is 12.6 Å². The molecule has 0 aromatic heterocycles. The van der Waals surface area contributed by atoms with E-state index >= 15 is 0 Å². The van der Waals surface area contributed by atoms with Crippen molar-refractivity contribution in [2.75, 3.05) is 0 Å². The van der Waals surface area contributed by atoms with Gasteiger partial charge in [0, 0.05) is 0 Å². The molecule has 0 aliphatic rings. The van der Waals surface area contributed by atoms with E-state index in [4.69, 9.17) is 6.57 Å². The van der Waals surface area contributed by atoms with Gasteiger partial charge in [-0.15, -0.1) is 0 Å². The van der Waals surface area contributed by atoms with Gasteiger partial charge in [0.05, 0.1) is 12.1 Å². The van der Waals surface area contributed by atoms with Gasteiger partial charge >= 0.3 is 6.18 Å². The number of nitrogens with zero attached hydrogens (tertiary/aromatic N) is 1. The van der Waals surface area contributed by atoms with E-state index in [0.29, 0.717) is 17.7 Å². The zero-order valence-electron chi connectivity index (χ0n) is 9.91. The predicted octanol–water partition coefficient (Wildman–Crippen LogP) is 4.85. The van der Waals surface area contributed by atoms with Gasteiger partial charge in [0.2, 0.25) is 0 Å². The van der Waals surface area contributed by atoms with Crippen LogP contribution in [0.2, 0.25) is 0 Å². The zero-order chi connectivity index (χ0) is 13.9. The lowest BCUT2D eigenvalue weighted by Crippen LogP contribution is -2.05. The molecule has 2 rings (SSSR count). The summed E-state index contributed by atoms with van der Waals surface area (Å²) in [5.41, 5.74) is 1.37. The van der Waals surface area contributed by atoms with Gasteiger partial charge < -0.3 is 0 Å². The molecular formula is C15H10F3N. The molecule has 4 heteroatoms. The minimum atomic E-state index is -4.32. The van der Waals surface area contributed by atoms with Crippen LogP contribution in [0.25, 0.3) is 4.85 Å². The number of rotatable bonds is 2. The highest BCUT2D eigenvalue weighted by Gasteiger charge is 2.30. The van der Waals surface area contributed by atoms with Crippen molar-refractivity contribution < 1.29 is 13.2 Å². The van der Waals surface area contributed by atoms with E-state index in [-0.39, 0.29) is 0 Å². The fourth-order valence-electron chi connectivity index (χ4n) is 1.78. The first kappa shape index (κ1) is 13.2. The first-order valence-electron chi connectivity index (χ1n) is 5.61. The molecule has 19 heavy (non-hydrogen) atoms. The minimum Gasteiger partial charge on any atom is -0.238 e. The van der Waals surface area contributed by atoms with Gasteiger partial charge in [0.1, 0.15) is 0 Å². The van der Waals surface area contributed by atoms with Gasteiger partial charge in [-0.3, -0.25) is 0 Å². The molecule has 0 radical (unpaired) electrons. The summed E-state index contributed by atoms with van der Waals surface area (Å²) in [7, 11) is 0. The summed E-state index contributed by atoms with van der Waals surface area (Å²) in [5.74, 6) is 0. The summed E-state index contributed by atoms with van der Waals surface area (Å²) < 4.78 is 37.7. The number of benzene rings is 2. The molecule has 0 fully saturated rings. The topological polar surface area (TPSA) is 4.36 Å². The fourth-order valence-corrected chi connectivity index (χ4v) is 1.78. The third-order valence-corrected chi connectivity index (χ3v) is 2.73. The molecular weight excluding hydrogens is 251 g/mol. The fraction of sp³-hybridized carbons (Fsp3) is 0.133. The Bertz CT molecular complexity index is 607. The second-order valence-electron chi connectivity index (χ2n) is 4.15. The zero-order valence-corrected chi connectivity index (χ0v) is 9.91. The molecule has 96 valence electrons. The van der Waals surface area contributed by atoms with Crippen LogP contribution in [-0.2, 0) is 12.6 Å². The Labute approximate surface area is 109 Å². The summed E-state index contributed by atoms with van der Waals surface area (Å²) in [6.07, 6.45) is -3.90. The number of hydrogen-bond donors (Lipinski definition) is 0. The predicted molar refractivity (Wildman–Crippen MR) is 67.0 cm³/mol. The first-order chi connectivity index (χ1) is 8.99. The first-order valence-corrected chi connectivity index (χ1v) is 5.61. The summed E-state index contributed by atoms with van der Waals surface area (Å²) in [5, 5.41) is 0.